The largest absolute Gasteiger partial charge is 0.478 e. The Morgan fingerprint density at radius 1 is 0.816 bits per heavy atom. The normalized spacial score (nSPS) is 14.3. The van der Waals surface area contributed by atoms with Crippen LogP contribution in [0, 0.1) is 11.7 Å². The lowest BCUT2D eigenvalue weighted by Gasteiger charge is -2.41. The molecule has 0 aliphatic heterocycles. The maximum absolute atomic E-state index is 14.2. The van der Waals surface area contributed by atoms with Crippen LogP contribution in [0.25, 0.3) is 39.2 Å². The topological polar surface area (TPSA) is 85.8 Å². The zero-order valence-corrected chi connectivity index (χ0v) is 26.3. The molecule has 49 heavy (non-hydrogen) atoms. The molecule has 8 rings (SSSR count). The second-order valence-corrected chi connectivity index (χ2v) is 12.0. The van der Waals surface area contributed by atoms with Gasteiger partial charge in [0.15, 0.2) is 0 Å². The third-order valence-electron chi connectivity index (χ3n) is 9.24. The SMILES string of the molecule is O=C(O)c1ccc(-n2cnc3ccc(-c4cn(C(c5ccccc5)(c5ccccc5)C5C=CC=CC5)nc4-c4ccc(F)cc4)cc32)nc1. The highest BCUT2D eigenvalue weighted by atomic mass is 19.1. The fourth-order valence-electron chi connectivity index (χ4n) is 6.90. The predicted molar refractivity (Wildman–Crippen MR) is 188 cm³/mol. The number of carbonyl (C=O) groups is 1. The monoisotopic (exact) mass is 643 g/mol. The van der Waals surface area contributed by atoms with E-state index in [-0.39, 0.29) is 17.3 Å². The van der Waals surface area contributed by atoms with Crippen molar-refractivity contribution >= 4 is 17.0 Å². The molecule has 0 amide bonds. The lowest BCUT2D eigenvalue weighted by molar-refractivity contribution is 0.0696. The number of aromatic nitrogens is 5. The van der Waals surface area contributed by atoms with Crippen molar-refractivity contribution in [3.63, 3.8) is 0 Å². The van der Waals surface area contributed by atoms with Gasteiger partial charge in [0.2, 0.25) is 0 Å². The van der Waals surface area contributed by atoms with Crippen LogP contribution < -0.4 is 0 Å². The third kappa shape index (κ3) is 5.23. The molecule has 1 unspecified atom stereocenters. The first-order valence-corrected chi connectivity index (χ1v) is 16.0. The van der Waals surface area contributed by atoms with Gasteiger partial charge in [0, 0.05) is 29.4 Å². The first kappa shape index (κ1) is 30.0. The maximum Gasteiger partial charge on any atom is 0.337 e. The molecule has 1 aliphatic carbocycles. The number of hydrogen-bond acceptors (Lipinski definition) is 4. The van der Waals surface area contributed by atoms with Gasteiger partial charge in [0.05, 0.1) is 16.6 Å². The number of nitrogens with zero attached hydrogens (tertiary/aromatic N) is 5. The maximum atomic E-state index is 14.2. The summed E-state index contributed by atoms with van der Waals surface area (Å²) in [6, 6.07) is 36.6. The number of fused-ring (bicyclic) bond motifs is 1. The smallest absolute Gasteiger partial charge is 0.337 e. The van der Waals surface area contributed by atoms with E-state index in [9.17, 15) is 14.3 Å². The van der Waals surface area contributed by atoms with Gasteiger partial charge in [-0.05, 0) is 71.6 Å². The molecule has 7 nitrogen and oxygen atoms in total. The molecule has 3 heterocycles. The number of rotatable bonds is 8. The van der Waals surface area contributed by atoms with Crippen molar-refractivity contribution in [2.45, 2.75) is 12.0 Å². The fraction of sp³-hybridized carbons (Fsp3) is 0.0732. The standard InChI is InChI=1S/C41H30FN5O2/c42-34-20-16-28(17-21-34)39-35(29-18-22-36-37(24-29)46(27-44-36)38-23-19-30(25-43-38)40(48)49)26-47(45-39)41(31-10-4-1-5-11-31,32-12-6-2-7-13-32)33-14-8-3-9-15-33/h1-14,16-27,33H,15H2,(H,48,49). The molecule has 3 aromatic heterocycles. The molecule has 4 aromatic carbocycles. The molecule has 1 N–H and O–H groups in total. The Labute approximate surface area is 282 Å². The van der Waals surface area contributed by atoms with Gasteiger partial charge in [-0.15, -0.1) is 0 Å². The zero-order valence-electron chi connectivity index (χ0n) is 26.3. The predicted octanol–water partition coefficient (Wildman–Crippen LogP) is 8.71. The van der Waals surface area contributed by atoms with Gasteiger partial charge in [-0.1, -0.05) is 91.0 Å². The van der Waals surface area contributed by atoms with Crippen molar-refractivity contribution in [3.8, 4) is 28.2 Å². The highest BCUT2D eigenvalue weighted by Gasteiger charge is 2.44. The van der Waals surface area contributed by atoms with Crippen LogP contribution in [0.5, 0.6) is 0 Å². The van der Waals surface area contributed by atoms with Crippen LogP contribution in [0.3, 0.4) is 0 Å². The van der Waals surface area contributed by atoms with Crippen LogP contribution in [-0.4, -0.2) is 35.4 Å². The number of carboxylic acids is 1. The number of halogens is 1. The number of hydrogen-bond donors (Lipinski definition) is 1. The highest BCUT2D eigenvalue weighted by Crippen LogP contribution is 2.46. The van der Waals surface area contributed by atoms with Crippen molar-refractivity contribution in [3.05, 3.63) is 181 Å². The summed E-state index contributed by atoms with van der Waals surface area (Å²) < 4.78 is 18.2. The first-order valence-electron chi connectivity index (χ1n) is 16.0. The highest BCUT2D eigenvalue weighted by molar-refractivity contribution is 5.89. The van der Waals surface area contributed by atoms with Crippen molar-refractivity contribution in [2.24, 2.45) is 5.92 Å². The van der Waals surface area contributed by atoms with Crippen molar-refractivity contribution < 1.29 is 14.3 Å². The quantitative estimate of drug-likeness (QED) is 0.179. The van der Waals surface area contributed by atoms with Crippen LogP contribution in [0.1, 0.15) is 27.9 Å². The summed E-state index contributed by atoms with van der Waals surface area (Å²) in [5, 5.41) is 14.8. The Bertz CT molecular complexity index is 2300. The summed E-state index contributed by atoms with van der Waals surface area (Å²) in [6.07, 6.45) is 14.6. The average molecular weight is 644 g/mol. The molecular formula is C41H30FN5O2. The molecule has 0 saturated carbocycles. The van der Waals surface area contributed by atoms with Gasteiger partial charge in [0.25, 0.3) is 0 Å². The van der Waals surface area contributed by atoms with Crippen LogP contribution in [0.2, 0.25) is 0 Å². The molecular weight excluding hydrogens is 613 g/mol. The van der Waals surface area contributed by atoms with E-state index in [4.69, 9.17) is 5.10 Å². The summed E-state index contributed by atoms with van der Waals surface area (Å²) in [4.78, 5) is 20.4. The van der Waals surface area contributed by atoms with E-state index in [1.807, 2.05) is 34.9 Å². The summed E-state index contributed by atoms with van der Waals surface area (Å²) in [7, 11) is 0. The molecule has 8 heteroatoms. The fourth-order valence-corrected chi connectivity index (χ4v) is 6.90. The molecule has 7 aromatic rings. The molecule has 238 valence electrons. The van der Waals surface area contributed by atoms with Crippen LogP contribution >= 0.6 is 0 Å². The molecule has 1 atom stereocenters. The average Bonchev–Trinajstić information content (AvgIpc) is 3.79. The van der Waals surface area contributed by atoms with Gasteiger partial charge in [-0.3, -0.25) is 9.25 Å². The van der Waals surface area contributed by atoms with E-state index in [0.29, 0.717) is 11.5 Å². The van der Waals surface area contributed by atoms with E-state index in [0.717, 1.165) is 45.3 Å². The van der Waals surface area contributed by atoms with E-state index in [1.54, 1.807) is 24.5 Å². The molecule has 0 radical (unpaired) electrons. The minimum Gasteiger partial charge on any atom is -0.478 e. The van der Waals surface area contributed by atoms with Crippen LogP contribution in [0.4, 0.5) is 4.39 Å². The van der Waals surface area contributed by atoms with Crippen molar-refractivity contribution in [1.29, 1.82) is 0 Å². The number of carboxylic acid groups (broad SMARTS) is 1. The Morgan fingerprint density at radius 3 is 2.16 bits per heavy atom. The molecule has 0 bridgehead atoms. The Kier molecular flexibility index (Phi) is 7.53. The summed E-state index contributed by atoms with van der Waals surface area (Å²) in [6.45, 7) is 0. The Hall–Kier alpha value is -6.41. The van der Waals surface area contributed by atoms with Crippen molar-refractivity contribution in [1.82, 2.24) is 24.3 Å². The zero-order chi connectivity index (χ0) is 33.4. The number of allylic oxidation sites excluding steroid dienone is 4. The molecule has 0 saturated heterocycles. The number of benzene rings is 4. The number of pyridine rings is 1. The number of aromatic carboxylic acids is 1. The Balaban J connectivity index is 1.38. The van der Waals surface area contributed by atoms with E-state index < -0.39 is 11.5 Å². The first-order chi connectivity index (χ1) is 24.0. The van der Waals surface area contributed by atoms with Gasteiger partial charge in [-0.25, -0.2) is 19.2 Å². The number of imidazole rings is 1. The summed E-state index contributed by atoms with van der Waals surface area (Å²) in [5.41, 5.74) is 6.36. The van der Waals surface area contributed by atoms with Crippen LogP contribution in [-0.2, 0) is 5.54 Å². The van der Waals surface area contributed by atoms with E-state index >= 15 is 0 Å². The third-order valence-corrected chi connectivity index (χ3v) is 9.24. The van der Waals surface area contributed by atoms with Gasteiger partial charge in [-0.2, -0.15) is 5.10 Å². The lowest BCUT2D eigenvalue weighted by Crippen LogP contribution is -2.43. The minimum absolute atomic E-state index is 0.0277. The molecule has 1 aliphatic rings. The second-order valence-electron chi connectivity index (χ2n) is 12.0. The molecule has 0 spiro atoms. The van der Waals surface area contributed by atoms with Crippen molar-refractivity contribution in [2.75, 3.05) is 0 Å². The summed E-state index contributed by atoms with van der Waals surface area (Å²) in [5.74, 6) is -0.786. The lowest BCUT2D eigenvalue weighted by atomic mass is 9.70. The Morgan fingerprint density at radius 2 is 1.53 bits per heavy atom. The van der Waals surface area contributed by atoms with Gasteiger partial charge >= 0.3 is 5.97 Å². The van der Waals surface area contributed by atoms with Gasteiger partial charge in [0.1, 0.15) is 29.2 Å². The van der Waals surface area contributed by atoms with Crippen LogP contribution in [0.15, 0.2) is 158 Å². The summed E-state index contributed by atoms with van der Waals surface area (Å²) >= 11 is 0. The second kappa shape index (κ2) is 12.3. The van der Waals surface area contributed by atoms with Gasteiger partial charge < -0.3 is 5.11 Å². The van der Waals surface area contributed by atoms with E-state index in [1.165, 1.54) is 24.4 Å². The minimum atomic E-state index is -1.04. The van der Waals surface area contributed by atoms with E-state index in [2.05, 4.69) is 93.7 Å². The molecule has 0 fully saturated rings.